The van der Waals surface area contributed by atoms with E-state index in [0.717, 1.165) is 28.9 Å². The van der Waals surface area contributed by atoms with E-state index in [0.29, 0.717) is 38.4 Å². The number of alkyl halides is 3. The number of aryl methyl sites for hydroxylation is 2. The Labute approximate surface area is 185 Å². The SMILES string of the molecule is Cc1cc(C)cc(N2CC(C(=O)N3CCN(c4cccc(C(F)(F)F)c4)CC3)CC2=O)c1. The molecule has 2 aromatic carbocycles. The van der Waals surface area contributed by atoms with E-state index in [-0.39, 0.29) is 18.2 Å². The Morgan fingerprint density at radius 1 is 0.938 bits per heavy atom. The average molecular weight is 445 g/mol. The molecule has 1 atom stereocenters. The average Bonchev–Trinajstić information content (AvgIpc) is 3.14. The summed E-state index contributed by atoms with van der Waals surface area (Å²) in [6.45, 7) is 6.05. The highest BCUT2D eigenvalue weighted by Gasteiger charge is 2.38. The third-order valence-corrected chi connectivity index (χ3v) is 6.12. The van der Waals surface area contributed by atoms with Crippen molar-refractivity contribution >= 4 is 23.2 Å². The molecule has 170 valence electrons. The van der Waals surface area contributed by atoms with Gasteiger partial charge in [0.1, 0.15) is 0 Å². The van der Waals surface area contributed by atoms with Crippen LogP contribution in [0.4, 0.5) is 24.5 Å². The predicted octanol–water partition coefficient (Wildman–Crippen LogP) is 4.02. The third-order valence-electron chi connectivity index (χ3n) is 6.12. The van der Waals surface area contributed by atoms with E-state index in [2.05, 4.69) is 0 Å². The molecule has 2 fully saturated rings. The fourth-order valence-electron chi connectivity index (χ4n) is 4.55. The van der Waals surface area contributed by atoms with Crippen LogP contribution in [0.15, 0.2) is 42.5 Å². The second-order valence-electron chi connectivity index (χ2n) is 8.61. The van der Waals surface area contributed by atoms with Crippen LogP contribution in [-0.4, -0.2) is 49.4 Å². The number of nitrogens with zero attached hydrogens (tertiary/aromatic N) is 3. The van der Waals surface area contributed by atoms with Gasteiger partial charge in [-0.1, -0.05) is 12.1 Å². The molecular formula is C24H26F3N3O2. The van der Waals surface area contributed by atoms with Crippen LogP contribution in [0.2, 0.25) is 0 Å². The monoisotopic (exact) mass is 445 g/mol. The zero-order chi connectivity index (χ0) is 23.0. The Balaban J connectivity index is 1.38. The molecule has 0 saturated carbocycles. The van der Waals surface area contributed by atoms with Crippen molar-refractivity contribution in [3.63, 3.8) is 0 Å². The molecule has 2 amide bonds. The van der Waals surface area contributed by atoms with Gasteiger partial charge in [0.25, 0.3) is 0 Å². The lowest BCUT2D eigenvalue weighted by Crippen LogP contribution is -2.50. The van der Waals surface area contributed by atoms with Gasteiger partial charge >= 0.3 is 6.18 Å². The lowest BCUT2D eigenvalue weighted by Gasteiger charge is -2.37. The number of amides is 2. The van der Waals surface area contributed by atoms with Crippen LogP contribution >= 0.6 is 0 Å². The molecule has 0 aliphatic carbocycles. The quantitative estimate of drug-likeness (QED) is 0.717. The van der Waals surface area contributed by atoms with Crippen LogP contribution in [0.25, 0.3) is 0 Å². The van der Waals surface area contributed by atoms with Gasteiger partial charge < -0.3 is 14.7 Å². The number of rotatable bonds is 3. The van der Waals surface area contributed by atoms with Crippen molar-refractivity contribution in [2.45, 2.75) is 26.4 Å². The second kappa shape index (κ2) is 8.48. The molecule has 1 unspecified atom stereocenters. The van der Waals surface area contributed by atoms with Crippen LogP contribution in [0, 0.1) is 19.8 Å². The maximum absolute atomic E-state index is 13.1. The van der Waals surface area contributed by atoms with Crippen LogP contribution < -0.4 is 9.80 Å². The van der Waals surface area contributed by atoms with E-state index in [1.807, 2.05) is 36.9 Å². The molecule has 0 N–H and O–H groups in total. The Bertz CT molecular complexity index is 1010. The van der Waals surface area contributed by atoms with Crippen LogP contribution in [0.1, 0.15) is 23.1 Å². The van der Waals surface area contributed by atoms with Gasteiger partial charge in [-0.3, -0.25) is 9.59 Å². The first-order valence-electron chi connectivity index (χ1n) is 10.7. The number of piperazine rings is 1. The van der Waals surface area contributed by atoms with Crippen LogP contribution in [0.5, 0.6) is 0 Å². The van der Waals surface area contributed by atoms with Crippen molar-refractivity contribution in [2.24, 2.45) is 5.92 Å². The lowest BCUT2D eigenvalue weighted by atomic mass is 10.1. The lowest BCUT2D eigenvalue weighted by molar-refractivity contribution is -0.137. The maximum atomic E-state index is 13.1. The molecule has 2 saturated heterocycles. The summed E-state index contributed by atoms with van der Waals surface area (Å²) in [5.41, 5.74) is 2.77. The number of carbonyl (C=O) groups excluding carboxylic acids is 2. The Kier molecular flexibility index (Phi) is 5.88. The first kappa shape index (κ1) is 22.2. The topological polar surface area (TPSA) is 43.9 Å². The molecule has 2 aliphatic rings. The number of benzene rings is 2. The summed E-state index contributed by atoms with van der Waals surface area (Å²) in [5.74, 6) is -0.520. The summed E-state index contributed by atoms with van der Waals surface area (Å²) < 4.78 is 39.0. The van der Waals surface area contributed by atoms with Gasteiger partial charge in [0.15, 0.2) is 0 Å². The third kappa shape index (κ3) is 4.59. The zero-order valence-electron chi connectivity index (χ0n) is 18.2. The number of hydrogen-bond acceptors (Lipinski definition) is 3. The highest BCUT2D eigenvalue weighted by molar-refractivity contribution is 6.00. The first-order valence-corrected chi connectivity index (χ1v) is 10.7. The number of carbonyl (C=O) groups is 2. The van der Waals surface area contributed by atoms with E-state index < -0.39 is 17.7 Å². The molecule has 0 radical (unpaired) electrons. The largest absolute Gasteiger partial charge is 0.416 e. The Hall–Kier alpha value is -3.03. The van der Waals surface area contributed by atoms with Gasteiger partial charge in [-0.15, -0.1) is 0 Å². The summed E-state index contributed by atoms with van der Waals surface area (Å²) in [5, 5.41) is 0. The van der Waals surface area contributed by atoms with Crippen molar-refractivity contribution < 1.29 is 22.8 Å². The summed E-state index contributed by atoms with van der Waals surface area (Å²) >= 11 is 0. The second-order valence-corrected chi connectivity index (χ2v) is 8.61. The van der Waals surface area contributed by atoms with Gasteiger partial charge in [0.05, 0.1) is 11.5 Å². The number of anilines is 2. The molecule has 2 heterocycles. The highest BCUT2D eigenvalue weighted by Crippen LogP contribution is 2.32. The normalized spacial score (nSPS) is 19.6. The molecule has 4 rings (SSSR count). The summed E-state index contributed by atoms with van der Waals surface area (Å²) in [6, 6.07) is 11.2. The molecule has 32 heavy (non-hydrogen) atoms. The van der Waals surface area contributed by atoms with Crippen molar-refractivity contribution in [3.05, 3.63) is 59.2 Å². The highest BCUT2D eigenvalue weighted by atomic mass is 19.4. The van der Waals surface area contributed by atoms with Crippen molar-refractivity contribution in [1.29, 1.82) is 0 Å². The Morgan fingerprint density at radius 3 is 2.22 bits per heavy atom. The fourth-order valence-corrected chi connectivity index (χ4v) is 4.55. The smallest absolute Gasteiger partial charge is 0.368 e. The van der Waals surface area contributed by atoms with Gasteiger partial charge in [0, 0.05) is 50.5 Å². The fraction of sp³-hybridized carbons (Fsp3) is 0.417. The molecule has 2 aliphatic heterocycles. The van der Waals surface area contributed by atoms with Crippen molar-refractivity contribution in [2.75, 3.05) is 42.5 Å². The molecule has 0 aromatic heterocycles. The summed E-state index contributed by atoms with van der Waals surface area (Å²) in [6.07, 6.45) is -4.20. The van der Waals surface area contributed by atoms with E-state index in [1.165, 1.54) is 6.07 Å². The van der Waals surface area contributed by atoms with Gasteiger partial charge in [0.2, 0.25) is 11.8 Å². The first-order chi connectivity index (χ1) is 15.1. The van der Waals surface area contributed by atoms with Gasteiger partial charge in [-0.2, -0.15) is 13.2 Å². The van der Waals surface area contributed by atoms with Crippen molar-refractivity contribution in [1.82, 2.24) is 4.90 Å². The maximum Gasteiger partial charge on any atom is 0.416 e. The van der Waals surface area contributed by atoms with Crippen LogP contribution in [-0.2, 0) is 15.8 Å². The Morgan fingerprint density at radius 2 is 1.59 bits per heavy atom. The minimum Gasteiger partial charge on any atom is -0.368 e. The molecule has 0 bridgehead atoms. The molecule has 0 spiro atoms. The molecular weight excluding hydrogens is 419 g/mol. The van der Waals surface area contributed by atoms with Gasteiger partial charge in [-0.05, 0) is 55.3 Å². The predicted molar refractivity (Wildman–Crippen MR) is 117 cm³/mol. The summed E-state index contributed by atoms with van der Waals surface area (Å²) in [4.78, 5) is 30.9. The molecule has 5 nitrogen and oxygen atoms in total. The number of hydrogen-bond donors (Lipinski definition) is 0. The standard InChI is InChI=1S/C24H26F3N3O2/c1-16-10-17(2)12-21(11-16)30-15-18(13-22(30)31)23(32)29-8-6-28(7-9-29)20-5-3-4-19(14-20)24(25,26)27/h3-5,10-12,14,18H,6-9,13,15H2,1-2H3. The van der Waals surface area contributed by atoms with Crippen molar-refractivity contribution in [3.8, 4) is 0 Å². The summed E-state index contributed by atoms with van der Waals surface area (Å²) in [7, 11) is 0. The van der Waals surface area contributed by atoms with E-state index in [4.69, 9.17) is 0 Å². The minimum atomic E-state index is -4.38. The van der Waals surface area contributed by atoms with E-state index in [1.54, 1.807) is 15.9 Å². The van der Waals surface area contributed by atoms with Gasteiger partial charge in [-0.25, -0.2) is 0 Å². The molecule has 8 heteroatoms. The zero-order valence-corrected chi connectivity index (χ0v) is 18.2. The number of halogens is 3. The van der Waals surface area contributed by atoms with E-state index >= 15 is 0 Å². The van der Waals surface area contributed by atoms with E-state index in [9.17, 15) is 22.8 Å². The molecule has 2 aromatic rings. The van der Waals surface area contributed by atoms with Crippen LogP contribution in [0.3, 0.4) is 0 Å². The minimum absolute atomic E-state index is 0.0593.